The third-order valence-corrected chi connectivity index (χ3v) is 2.98. The number of hydrogen-bond donors (Lipinski definition) is 2. The normalized spacial score (nSPS) is 19.9. The maximum Gasteiger partial charge on any atom is 0.220 e. The molecule has 5 heteroatoms. The molecule has 0 aromatic carbocycles. The molecule has 2 heterocycles. The van der Waals surface area contributed by atoms with Gasteiger partial charge in [-0.3, -0.25) is 4.79 Å². The number of carbonyl (C=O) groups is 1. The molecule has 1 aliphatic heterocycles. The molecule has 1 saturated heterocycles. The van der Waals surface area contributed by atoms with Crippen LogP contribution in [0.15, 0.2) is 18.6 Å². The van der Waals surface area contributed by atoms with Crippen LogP contribution in [0.4, 0.5) is 0 Å². The first kappa shape index (κ1) is 12.0. The van der Waals surface area contributed by atoms with Crippen molar-refractivity contribution in [3.63, 3.8) is 0 Å². The highest BCUT2D eigenvalue weighted by atomic mass is 16.1. The lowest BCUT2D eigenvalue weighted by atomic mass is 9.96. The number of nitrogens with one attached hydrogen (secondary N) is 2. The van der Waals surface area contributed by atoms with Gasteiger partial charge in [0.25, 0.3) is 0 Å². The molecule has 0 aliphatic carbocycles. The first-order valence-corrected chi connectivity index (χ1v) is 6.07. The van der Waals surface area contributed by atoms with Crippen LogP contribution in [0.1, 0.15) is 25.0 Å². The Balaban J connectivity index is 1.70. The van der Waals surface area contributed by atoms with Crippen LogP contribution in [0, 0.1) is 5.92 Å². The van der Waals surface area contributed by atoms with E-state index in [1.807, 2.05) is 6.07 Å². The molecule has 1 amide bonds. The lowest BCUT2D eigenvalue weighted by molar-refractivity contribution is -0.122. The maximum atomic E-state index is 11.7. The highest BCUT2D eigenvalue weighted by molar-refractivity contribution is 5.76. The summed E-state index contributed by atoms with van der Waals surface area (Å²) < 4.78 is 0. The van der Waals surface area contributed by atoms with Gasteiger partial charge in [-0.2, -0.15) is 0 Å². The number of aromatic nitrogens is 2. The van der Waals surface area contributed by atoms with E-state index in [1.54, 1.807) is 6.20 Å². The summed E-state index contributed by atoms with van der Waals surface area (Å²) in [5.74, 6) is 0.589. The van der Waals surface area contributed by atoms with Crippen molar-refractivity contribution in [1.82, 2.24) is 20.6 Å². The van der Waals surface area contributed by atoms with Crippen LogP contribution in [-0.2, 0) is 11.3 Å². The second-order valence-electron chi connectivity index (χ2n) is 4.39. The number of nitrogens with zero attached hydrogens (tertiary/aromatic N) is 2. The zero-order valence-electron chi connectivity index (χ0n) is 9.85. The second-order valence-corrected chi connectivity index (χ2v) is 4.39. The fraction of sp³-hybridized carbons (Fsp3) is 0.583. The van der Waals surface area contributed by atoms with E-state index in [4.69, 9.17) is 0 Å². The molecule has 5 nitrogen and oxygen atoms in total. The Morgan fingerprint density at radius 2 is 2.53 bits per heavy atom. The molecule has 1 atom stereocenters. The van der Waals surface area contributed by atoms with Crippen molar-refractivity contribution in [2.24, 2.45) is 5.92 Å². The van der Waals surface area contributed by atoms with E-state index >= 15 is 0 Å². The van der Waals surface area contributed by atoms with Gasteiger partial charge in [0.2, 0.25) is 5.91 Å². The number of amides is 1. The van der Waals surface area contributed by atoms with Crippen LogP contribution in [0.5, 0.6) is 0 Å². The zero-order chi connectivity index (χ0) is 11.9. The first-order valence-electron chi connectivity index (χ1n) is 6.07. The molecule has 1 unspecified atom stereocenters. The van der Waals surface area contributed by atoms with Crippen LogP contribution in [0.3, 0.4) is 0 Å². The van der Waals surface area contributed by atoms with E-state index < -0.39 is 0 Å². The first-order chi connectivity index (χ1) is 8.34. The predicted octanol–water partition coefficient (Wildman–Crippen LogP) is 0.482. The van der Waals surface area contributed by atoms with Crippen LogP contribution in [0.2, 0.25) is 0 Å². The molecule has 0 saturated carbocycles. The van der Waals surface area contributed by atoms with Gasteiger partial charge in [0.05, 0.1) is 12.2 Å². The summed E-state index contributed by atoms with van der Waals surface area (Å²) in [4.78, 5) is 19.6. The van der Waals surface area contributed by atoms with Gasteiger partial charge < -0.3 is 10.6 Å². The molecule has 1 aromatic rings. The Bertz CT molecular complexity index is 349. The third kappa shape index (κ3) is 4.11. The van der Waals surface area contributed by atoms with Gasteiger partial charge in [0.15, 0.2) is 0 Å². The molecule has 92 valence electrons. The van der Waals surface area contributed by atoms with Crippen LogP contribution < -0.4 is 10.6 Å². The minimum atomic E-state index is 0.109. The van der Waals surface area contributed by atoms with Crippen molar-refractivity contribution in [2.45, 2.75) is 25.8 Å². The number of rotatable bonds is 4. The molecule has 0 spiro atoms. The van der Waals surface area contributed by atoms with Gasteiger partial charge in [-0.05, 0) is 37.9 Å². The van der Waals surface area contributed by atoms with Gasteiger partial charge in [-0.15, -0.1) is 0 Å². The van der Waals surface area contributed by atoms with E-state index in [0.717, 1.165) is 25.2 Å². The molecule has 1 fully saturated rings. The Morgan fingerprint density at radius 3 is 3.24 bits per heavy atom. The quantitative estimate of drug-likeness (QED) is 0.795. The molecular weight excluding hydrogens is 216 g/mol. The van der Waals surface area contributed by atoms with Gasteiger partial charge in [-0.1, -0.05) is 0 Å². The van der Waals surface area contributed by atoms with Crippen molar-refractivity contribution >= 4 is 5.91 Å². The van der Waals surface area contributed by atoms with Crippen LogP contribution >= 0.6 is 0 Å². The number of piperidine rings is 1. The van der Waals surface area contributed by atoms with Gasteiger partial charge in [0, 0.05) is 12.6 Å². The number of hydrogen-bond acceptors (Lipinski definition) is 4. The highest BCUT2D eigenvalue weighted by Gasteiger charge is 2.16. The van der Waals surface area contributed by atoms with Crippen molar-refractivity contribution in [1.29, 1.82) is 0 Å². The van der Waals surface area contributed by atoms with Crippen LogP contribution in [-0.4, -0.2) is 29.0 Å². The maximum absolute atomic E-state index is 11.7. The summed E-state index contributed by atoms with van der Waals surface area (Å²) in [5.41, 5.74) is 0.843. The second kappa shape index (κ2) is 6.30. The summed E-state index contributed by atoms with van der Waals surface area (Å²) in [7, 11) is 0. The minimum Gasteiger partial charge on any atom is -0.350 e. The topological polar surface area (TPSA) is 66.9 Å². The Morgan fingerprint density at radius 1 is 1.59 bits per heavy atom. The predicted molar refractivity (Wildman–Crippen MR) is 64.1 cm³/mol. The average molecular weight is 234 g/mol. The van der Waals surface area contributed by atoms with Crippen molar-refractivity contribution in [3.8, 4) is 0 Å². The fourth-order valence-corrected chi connectivity index (χ4v) is 2.04. The Labute approximate surface area is 101 Å². The van der Waals surface area contributed by atoms with E-state index in [0.29, 0.717) is 18.9 Å². The van der Waals surface area contributed by atoms with Crippen LogP contribution in [0.25, 0.3) is 0 Å². The molecule has 0 radical (unpaired) electrons. The van der Waals surface area contributed by atoms with Crippen molar-refractivity contribution < 1.29 is 4.79 Å². The minimum absolute atomic E-state index is 0.109. The summed E-state index contributed by atoms with van der Waals surface area (Å²) >= 11 is 0. The summed E-state index contributed by atoms with van der Waals surface area (Å²) in [6.45, 7) is 2.53. The molecular formula is C12H18N4O. The van der Waals surface area contributed by atoms with Gasteiger partial charge >= 0.3 is 0 Å². The lowest BCUT2D eigenvalue weighted by Crippen LogP contribution is -2.34. The van der Waals surface area contributed by atoms with Gasteiger partial charge in [-0.25, -0.2) is 9.97 Å². The van der Waals surface area contributed by atoms with Crippen molar-refractivity contribution in [2.75, 3.05) is 13.1 Å². The lowest BCUT2D eigenvalue weighted by Gasteiger charge is -2.21. The largest absolute Gasteiger partial charge is 0.350 e. The molecule has 2 N–H and O–H groups in total. The Kier molecular flexibility index (Phi) is 4.44. The molecule has 0 bridgehead atoms. The molecule has 17 heavy (non-hydrogen) atoms. The van der Waals surface area contributed by atoms with E-state index in [1.165, 1.54) is 12.7 Å². The van der Waals surface area contributed by atoms with Gasteiger partial charge in [0.1, 0.15) is 6.33 Å². The van der Waals surface area contributed by atoms with Crippen molar-refractivity contribution in [3.05, 3.63) is 24.3 Å². The molecule has 1 aromatic heterocycles. The highest BCUT2D eigenvalue weighted by Crippen LogP contribution is 2.13. The van der Waals surface area contributed by atoms with E-state index in [-0.39, 0.29) is 5.91 Å². The Hall–Kier alpha value is -1.49. The fourth-order valence-electron chi connectivity index (χ4n) is 2.04. The smallest absolute Gasteiger partial charge is 0.220 e. The number of carbonyl (C=O) groups excluding carboxylic acids is 1. The standard InChI is InChI=1S/C12H18N4O/c17-12(6-10-2-1-4-13-7-10)15-8-11-3-5-14-9-16-11/h3,5,9-10,13H,1-2,4,6-8H2,(H,15,17). The zero-order valence-corrected chi connectivity index (χ0v) is 9.85. The summed E-state index contributed by atoms with van der Waals surface area (Å²) in [5, 5.41) is 6.20. The third-order valence-electron chi connectivity index (χ3n) is 2.98. The van der Waals surface area contributed by atoms with E-state index in [9.17, 15) is 4.79 Å². The molecule has 1 aliphatic rings. The average Bonchev–Trinajstić information content (AvgIpc) is 2.39. The van der Waals surface area contributed by atoms with E-state index in [2.05, 4.69) is 20.6 Å². The SMILES string of the molecule is O=C(CC1CCCNC1)NCc1ccncn1. The summed E-state index contributed by atoms with van der Waals surface area (Å²) in [6, 6.07) is 1.81. The summed E-state index contributed by atoms with van der Waals surface area (Å²) in [6.07, 6.45) is 6.10. The molecule has 2 rings (SSSR count). The monoisotopic (exact) mass is 234 g/mol.